The maximum Gasteiger partial charge on any atom is 0.277 e. The lowest BCUT2D eigenvalue weighted by Crippen LogP contribution is -2.12. The Morgan fingerprint density at radius 3 is 2.89 bits per heavy atom. The van der Waals surface area contributed by atoms with Crippen molar-refractivity contribution in [1.29, 1.82) is 0 Å². The Morgan fingerprint density at radius 1 is 1.50 bits per heavy atom. The zero-order valence-electron chi connectivity index (χ0n) is 10.0. The highest BCUT2D eigenvalue weighted by molar-refractivity contribution is 7.15. The van der Waals surface area contributed by atoms with Crippen molar-refractivity contribution in [2.24, 2.45) is 5.92 Å². The van der Waals surface area contributed by atoms with Crippen molar-refractivity contribution in [2.45, 2.75) is 20.3 Å². The normalized spacial score (nSPS) is 10.8. The van der Waals surface area contributed by atoms with Gasteiger partial charge in [0.15, 0.2) is 5.13 Å². The van der Waals surface area contributed by atoms with E-state index >= 15 is 0 Å². The number of carbonyl (C=O) groups is 1. The molecule has 18 heavy (non-hydrogen) atoms. The molecule has 2 aromatic rings. The zero-order chi connectivity index (χ0) is 13.1. The van der Waals surface area contributed by atoms with E-state index in [9.17, 15) is 4.79 Å². The Kier molecular flexibility index (Phi) is 3.87. The van der Waals surface area contributed by atoms with Crippen LogP contribution in [-0.2, 0) is 6.42 Å². The van der Waals surface area contributed by atoms with E-state index in [0.717, 1.165) is 11.4 Å². The van der Waals surface area contributed by atoms with Gasteiger partial charge < -0.3 is 5.73 Å². The molecule has 6 nitrogen and oxygen atoms in total. The summed E-state index contributed by atoms with van der Waals surface area (Å²) >= 11 is 2.61. The van der Waals surface area contributed by atoms with Gasteiger partial charge in [-0.15, -0.1) is 21.5 Å². The molecule has 96 valence electrons. The minimum atomic E-state index is -0.310. The van der Waals surface area contributed by atoms with E-state index < -0.39 is 0 Å². The highest BCUT2D eigenvalue weighted by Gasteiger charge is 2.13. The summed E-state index contributed by atoms with van der Waals surface area (Å²) in [4.78, 5) is 15.7. The van der Waals surface area contributed by atoms with Crippen LogP contribution in [0.4, 0.5) is 10.3 Å². The van der Waals surface area contributed by atoms with Gasteiger partial charge in [0.2, 0.25) is 5.13 Å². The van der Waals surface area contributed by atoms with Crippen LogP contribution in [0.2, 0.25) is 0 Å². The van der Waals surface area contributed by atoms with Crippen LogP contribution in [0.25, 0.3) is 0 Å². The number of carbonyl (C=O) groups excluding carboxylic acids is 1. The summed E-state index contributed by atoms with van der Waals surface area (Å²) in [6.07, 6.45) is 0.858. The minimum Gasteiger partial charge on any atom is -0.375 e. The van der Waals surface area contributed by atoms with Crippen LogP contribution in [0.15, 0.2) is 5.38 Å². The number of thiazole rings is 1. The summed E-state index contributed by atoms with van der Waals surface area (Å²) < 4.78 is 0. The van der Waals surface area contributed by atoms with Crippen molar-refractivity contribution in [3.8, 4) is 0 Å². The van der Waals surface area contributed by atoms with Crippen molar-refractivity contribution in [3.05, 3.63) is 16.1 Å². The second-order valence-corrected chi connectivity index (χ2v) is 6.08. The lowest BCUT2D eigenvalue weighted by Gasteiger charge is -1.97. The third kappa shape index (κ3) is 3.23. The van der Waals surface area contributed by atoms with Gasteiger partial charge in [-0.25, -0.2) is 4.98 Å². The van der Waals surface area contributed by atoms with E-state index in [1.807, 2.05) is 0 Å². The number of nitrogens with zero attached hydrogens (tertiary/aromatic N) is 3. The van der Waals surface area contributed by atoms with E-state index in [1.54, 1.807) is 5.38 Å². The molecule has 0 bridgehead atoms. The Morgan fingerprint density at radius 2 is 2.28 bits per heavy atom. The third-order valence-corrected chi connectivity index (χ3v) is 3.56. The largest absolute Gasteiger partial charge is 0.375 e. The molecular weight excluding hydrogens is 270 g/mol. The van der Waals surface area contributed by atoms with Crippen molar-refractivity contribution in [2.75, 3.05) is 11.1 Å². The second kappa shape index (κ2) is 5.40. The standard InChI is InChI=1S/C10H13N5OS2/c1-5(2)3-7-14-15-10(18-7)13-8(16)6-4-17-9(11)12-6/h4-5H,3H2,1-2H3,(H2,11,12)(H,13,15,16). The Labute approximate surface area is 112 Å². The molecule has 2 rings (SSSR count). The minimum absolute atomic E-state index is 0.304. The first-order chi connectivity index (χ1) is 8.54. The molecule has 1 amide bonds. The van der Waals surface area contributed by atoms with Crippen molar-refractivity contribution < 1.29 is 4.79 Å². The van der Waals surface area contributed by atoms with Crippen LogP contribution >= 0.6 is 22.7 Å². The number of rotatable bonds is 4. The summed E-state index contributed by atoms with van der Waals surface area (Å²) in [5.74, 6) is 0.204. The van der Waals surface area contributed by atoms with Crippen LogP contribution in [0.1, 0.15) is 29.3 Å². The van der Waals surface area contributed by atoms with Gasteiger partial charge >= 0.3 is 0 Å². The molecule has 0 aliphatic heterocycles. The van der Waals surface area contributed by atoms with E-state index in [1.165, 1.54) is 22.7 Å². The molecule has 0 saturated carbocycles. The number of anilines is 2. The fraction of sp³-hybridized carbons (Fsp3) is 0.400. The van der Waals surface area contributed by atoms with E-state index in [-0.39, 0.29) is 5.91 Å². The van der Waals surface area contributed by atoms with Crippen LogP contribution in [-0.4, -0.2) is 21.1 Å². The number of aromatic nitrogens is 3. The summed E-state index contributed by atoms with van der Waals surface area (Å²) in [6, 6.07) is 0. The van der Waals surface area contributed by atoms with Crippen molar-refractivity contribution >= 4 is 38.8 Å². The van der Waals surface area contributed by atoms with Gasteiger partial charge in [-0.05, 0) is 5.92 Å². The van der Waals surface area contributed by atoms with Gasteiger partial charge in [0.1, 0.15) is 10.7 Å². The highest BCUT2D eigenvalue weighted by Crippen LogP contribution is 2.19. The smallest absolute Gasteiger partial charge is 0.277 e. The summed E-state index contributed by atoms with van der Waals surface area (Å²) in [5.41, 5.74) is 5.77. The first-order valence-electron chi connectivity index (χ1n) is 5.39. The molecule has 3 N–H and O–H groups in total. The lowest BCUT2D eigenvalue weighted by molar-refractivity contribution is 0.102. The molecule has 0 saturated heterocycles. The summed E-state index contributed by atoms with van der Waals surface area (Å²) in [6.45, 7) is 4.22. The quantitative estimate of drug-likeness (QED) is 0.895. The van der Waals surface area contributed by atoms with E-state index in [4.69, 9.17) is 5.73 Å². The fourth-order valence-electron chi connectivity index (χ4n) is 1.29. The van der Waals surface area contributed by atoms with Gasteiger partial charge in [0, 0.05) is 11.8 Å². The van der Waals surface area contributed by atoms with Gasteiger partial charge in [0.25, 0.3) is 5.91 Å². The zero-order valence-corrected chi connectivity index (χ0v) is 11.6. The second-order valence-electron chi connectivity index (χ2n) is 4.12. The molecule has 0 fully saturated rings. The molecule has 0 radical (unpaired) electrons. The van der Waals surface area contributed by atoms with E-state index in [0.29, 0.717) is 21.9 Å². The van der Waals surface area contributed by atoms with Crippen molar-refractivity contribution in [1.82, 2.24) is 15.2 Å². The highest BCUT2D eigenvalue weighted by atomic mass is 32.1. The molecule has 0 unspecified atom stereocenters. The molecule has 2 heterocycles. The van der Waals surface area contributed by atoms with Gasteiger partial charge in [-0.1, -0.05) is 25.2 Å². The molecule has 2 aromatic heterocycles. The van der Waals surface area contributed by atoms with E-state index in [2.05, 4.69) is 34.3 Å². The van der Waals surface area contributed by atoms with Crippen LogP contribution in [0, 0.1) is 5.92 Å². The average Bonchev–Trinajstić information content (AvgIpc) is 2.87. The molecule has 0 aliphatic carbocycles. The maximum absolute atomic E-state index is 11.8. The molecule has 0 aromatic carbocycles. The molecule has 0 aliphatic rings. The fourth-order valence-corrected chi connectivity index (χ4v) is 2.78. The Bertz CT molecular complexity index is 548. The number of nitrogens with two attached hydrogens (primary N) is 1. The predicted molar refractivity (Wildman–Crippen MR) is 72.9 cm³/mol. The maximum atomic E-state index is 11.8. The van der Waals surface area contributed by atoms with Crippen molar-refractivity contribution in [3.63, 3.8) is 0 Å². The van der Waals surface area contributed by atoms with Gasteiger partial charge in [0.05, 0.1) is 0 Å². The lowest BCUT2D eigenvalue weighted by atomic mass is 10.1. The summed E-state index contributed by atoms with van der Waals surface area (Å²) in [7, 11) is 0. The Balaban J connectivity index is 2.01. The van der Waals surface area contributed by atoms with Crippen LogP contribution in [0.5, 0.6) is 0 Å². The summed E-state index contributed by atoms with van der Waals surface area (Å²) in [5, 5.41) is 14.0. The number of hydrogen-bond acceptors (Lipinski definition) is 7. The third-order valence-electron chi connectivity index (χ3n) is 2.02. The Hall–Kier alpha value is -1.54. The molecule has 0 atom stereocenters. The molecular formula is C10H13N5OS2. The SMILES string of the molecule is CC(C)Cc1nnc(NC(=O)c2csc(N)n2)s1. The molecule has 8 heteroatoms. The predicted octanol–water partition coefficient (Wildman–Crippen LogP) is 2.03. The number of hydrogen-bond donors (Lipinski definition) is 2. The van der Waals surface area contributed by atoms with Crippen LogP contribution in [0.3, 0.4) is 0 Å². The number of amides is 1. The van der Waals surface area contributed by atoms with Gasteiger partial charge in [-0.3, -0.25) is 10.1 Å². The first-order valence-corrected chi connectivity index (χ1v) is 7.09. The monoisotopic (exact) mass is 283 g/mol. The topological polar surface area (TPSA) is 93.8 Å². The average molecular weight is 283 g/mol. The first kappa shape index (κ1) is 12.9. The number of nitrogens with one attached hydrogen (secondary N) is 1. The number of nitrogen functional groups attached to an aromatic ring is 1. The molecule has 0 spiro atoms. The van der Waals surface area contributed by atoms with Gasteiger partial charge in [-0.2, -0.15) is 0 Å². The van der Waals surface area contributed by atoms with Crippen LogP contribution < -0.4 is 11.1 Å².